The summed E-state index contributed by atoms with van der Waals surface area (Å²) in [7, 11) is 0. The van der Waals surface area contributed by atoms with E-state index in [2.05, 4.69) is 22.8 Å². The number of nitrogens with one attached hydrogen (secondary N) is 2. The first kappa shape index (κ1) is 23.3. The number of hydrogen-bond donors (Lipinski definition) is 3. The van der Waals surface area contributed by atoms with Gasteiger partial charge in [-0.3, -0.25) is 4.79 Å². The smallest absolute Gasteiger partial charge is 0.407 e. The summed E-state index contributed by atoms with van der Waals surface area (Å²) in [4.78, 5) is 35.4. The van der Waals surface area contributed by atoms with Crippen molar-refractivity contribution < 1.29 is 29.0 Å². The van der Waals surface area contributed by atoms with Crippen molar-refractivity contribution in [1.29, 1.82) is 0 Å². The van der Waals surface area contributed by atoms with Crippen LogP contribution in [-0.2, 0) is 19.1 Å². The second kappa shape index (κ2) is 10.8. The number of fused-ring (bicyclic) bond motifs is 3. The molecule has 1 aliphatic rings. The van der Waals surface area contributed by atoms with E-state index in [9.17, 15) is 14.4 Å². The van der Waals surface area contributed by atoms with Gasteiger partial charge in [0, 0.05) is 12.5 Å². The topological polar surface area (TPSA) is 114 Å². The molecular formula is C24H28N2O6. The van der Waals surface area contributed by atoms with E-state index in [4.69, 9.17) is 14.6 Å². The second-order valence-corrected chi connectivity index (χ2v) is 7.93. The molecule has 0 aliphatic heterocycles. The van der Waals surface area contributed by atoms with Gasteiger partial charge in [-0.1, -0.05) is 62.4 Å². The zero-order valence-electron chi connectivity index (χ0n) is 18.2. The molecule has 0 saturated carbocycles. The Hall–Kier alpha value is -3.39. The Labute approximate surface area is 186 Å². The first-order valence-corrected chi connectivity index (χ1v) is 10.6. The third-order valence-electron chi connectivity index (χ3n) is 5.34. The molecule has 1 atom stereocenters. The zero-order valence-corrected chi connectivity index (χ0v) is 18.2. The Balaban J connectivity index is 1.55. The fraction of sp³-hybridized carbons (Fsp3) is 0.375. The Morgan fingerprint density at radius 2 is 1.59 bits per heavy atom. The molecule has 3 N–H and O–H groups in total. The minimum atomic E-state index is -1.08. The highest BCUT2D eigenvalue weighted by molar-refractivity contribution is 5.86. The van der Waals surface area contributed by atoms with Crippen molar-refractivity contribution in [3.63, 3.8) is 0 Å². The SMILES string of the molecule is CC(C)[C@H](NC(=O)OCC1c2ccccc2-c2ccccc21)C(=O)NCCOCC(=O)O. The van der Waals surface area contributed by atoms with Crippen LogP contribution in [0.2, 0.25) is 0 Å². The van der Waals surface area contributed by atoms with Crippen LogP contribution >= 0.6 is 0 Å². The number of carboxylic acid groups (broad SMARTS) is 1. The van der Waals surface area contributed by atoms with Crippen LogP contribution in [0.4, 0.5) is 4.79 Å². The minimum absolute atomic E-state index is 0.0633. The highest BCUT2D eigenvalue weighted by Crippen LogP contribution is 2.44. The molecule has 2 aromatic carbocycles. The van der Waals surface area contributed by atoms with Gasteiger partial charge in [-0.05, 0) is 28.2 Å². The number of carbonyl (C=O) groups excluding carboxylic acids is 2. The van der Waals surface area contributed by atoms with Crippen molar-refractivity contribution in [3.8, 4) is 11.1 Å². The molecule has 8 nitrogen and oxygen atoms in total. The summed E-state index contributed by atoms with van der Waals surface area (Å²) in [6, 6.07) is 15.3. The Morgan fingerprint density at radius 1 is 1.00 bits per heavy atom. The molecular weight excluding hydrogens is 412 g/mol. The summed E-state index contributed by atoms with van der Waals surface area (Å²) in [5.41, 5.74) is 4.50. The van der Waals surface area contributed by atoms with Crippen LogP contribution in [0.3, 0.4) is 0 Å². The number of amides is 2. The Bertz CT molecular complexity index is 929. The summed E-state index contributed by atoms with van der Waals surface area (Å²) < 4.78 is 10.4. The van der Waals surface area contributed by atoms with Gasteiger partial charge in [0.1, 0.15) is 19.3 Å². The van der Waals surface area contributed by atoms with Crippen LogP contribution in [-0.4, -0.2) is 55.5 Å². The molecule has 8 heteroatoms. The quantitative estimate of drug-likeness (QED) is 0.490. The van der Waals surface area contributed by atoms with E-state index in [1.54, 1.807) is 0 Å². The van der Waals surface area contributed by atoms with E-state index in [1.807, 2.05) is 50.2 Å². The number of benzene rings is 2. The lowest BCUT2D eigenvalue weighted by Gasteiger charge is -2.22. The van der Waals surface area contributed by atoms with Crippen molar-refractivity contribution in [1.82, 2.24) is 10.6 Å². The average Bonchev–Trinajstić information content (AvgIpc) is 3.09. The van der Waals surface area contributed by atoms with E-state index < -0.39 is 24.7 Å². The number of alkyl carbamates (subject to hydrolysis) is 1. The second-order valence-electron chi connectivity index (χ2n) is 7.93. The van der Waals surface area contributed by atoms with Gasteiger partial charge in [0.15, 0.2) is 0 Å². The molecule has 0 aromatic heterocycles. The number of carbonyl (C=O) groups is 3. The molecule has 0 radical (unpaired) electrons. The van der Waals surface area contributed by atoms with Crippen molar-refractivity contribution in [2.75, 3.05) is 26.4 Å². The summed E-state index contributed by atoms with van der Waals surface area (Å²) in [6.45, 7) is 3.57. The van der Waals surface area contributed by atoms with Crippen LogP contribution in [0.25, 0.3) is 11.1 Å². The average molecular weight is 440 g/mol. The standard InChI is InChI=1S/C24H28N2O6/c1-15(2)22(23(29)25-11-12-31-14-21(27)28)26-24(30)32-13-20-18-9-5-3-7-16(18)17-8-4-6-10-19(17)20/h3-10,15,20,22H,11-14H2,1-2H3,(H,25,29)(H,26,30)(H,27,28)/t22-/m0/s1. The monoisotopic (exact) mass is 440 g/mol. The van der Waals surface area contributed by atoms with Gasteiger partial charge in [0.2, 0.25) is 5.91 Å². The van der Waals surface area contributed by atoms with Gasteiger partial charge >= 0.3 is 12.1 Å². The first-order chi connectivity index (χ1) is 15.4. The fourth-order valence-electron chi connectivity index (χ4n) is 3.82. The number of ether oxygens (including phenoxy) is 2. The normalized spacial score (nSPS) is 13.2. The van der Waals surface area contributed by atoms with Crippen molar-refractivity contribution in [2.45, 2.75) is 25.8 Å². The van der Waals surface area contributed by atoms with Gasteiger partial charge in [-0.25, -0.2) is 9.59 Å². The molecule has 0 unspecified atom stereocenters. The van der Waals surface area contributed by atoms with Crippen molar-refractivity contribution >= 4 is 18.0 Å². The highest BCUT2D eigenvalue weighted by atomic mass is 16.5. The molecule has 32 heavy (non-hydrogen) atoms. The Kier molecular flexibility index (Phi) is 7.83. The molecule has 1 aliphatic carbocycles. The molecule has 0 bridgehead atoms. The van der Waals surface area contributed by atoms with Gasteiger partial charge in [-0.2, -0.15) is 0 Å². The maximum Gasteiger partial charge on any atom is 0.407 e. The molecule has 3 rings (SSSR count). The Morgan fingerprint density at radius 3 is 2.16 bits per heavy atom. The zero-order chi connectivity index (χ0) is 23.1. The predicted molar refractivity (Wildman–Crippen MR) is 118 cm³/mol. The van der Waals surface area contributed by atoms with E-state index in [1.165, 1.54) is 0 Å². The summed E-state index contributed by atoms with van der Waals surface area (Å²) >= 11 is 0. The summed E-state index contributed by atoms with van der Waals surface area (Å²) in [5.74, 6) is -1.69. The van der Waals surface area contributed by atoms with Gasteiger partial charge < -0.3 is 25.2 Å². The molecule has 0 fully saturated rings. The van der Waals surface area contributed by atoms with E-state index in [0.717, 1.165) is 22.3 Å². The van der Waals surface area contributed by atoms with Crippen LogP contribution in [0.5, 0.6) is 0 Å². The lowest BCUT2D eigenvalue weighted by atomic mass is 9.98. The molecule has 2 aromatic rings. The fourth-order valence-corrected chi connectivity index (χ4v) is 3.82. The van der Waals surface area contributed by atoms with Gasteiger partial charge in [0.25, 0.3) is 0 Å². The van der Waals surface area contributed by atoms with Crippen LogP contribution in [0, 0.1) is 5.92 Å². The number of carboxylic acids is 1. The highest BCUT2D eigenvalue weighted by Gasteiger charge is 2.30. The molecule has 0 spiro atoms. The number of rotatable bonds is 10. The van der Waals surface area contributed by atoms with Crippen LogP contribution < -0.4 is 10.6 Å². The summed E-state index contributed by atoms with van der Waals surface area (Å²) in [5, 5.41) is 13.8. The van der Waals surface area contributed by atoms with E-state index in [0.29, 0.717) is 0 Å². The van der Waals surface area contributed by atoms with Crippen LogP contribution in [0.15, 0.2) is 48.5 Å². The number of aliphatic carboxylic acids is 1. The molecule has 0 saturated heterocycles. The third kappa shape index (κ3) is 5.64. The van der Waals surface area contributed by atoms with Gasteiger partial charge in [-0.15, -0.1) is 0 Å². The third-order valence-corrected chi connectivity index (χ3v) is 5.34. The minimum Gasteiger partial charge on any atom is -0.480 e. The summed E-state index contributed by atoms with van der Waals surface area (Å²) in [6.07, 6.45) is -0.664. The largest absolute Gasteiger partial charge is 0.480 e. The van der Waals surface area contributed by atoms with Crippen molar-refractivity contribution in [3.05, 3.63) is 59.7 Å². The van der Waals surface area contributed by atoms with E-state index >= 15 is 0 Å². The molecule has 2 amide bonds. The van der Waals surface area contributed by atoms with Gasteiger partial charge in [0.05, 0.1) is 6.61 Å². The lowest BCUT2D eigenvalue weighted by Crippen LogP contribution is -2.50. The van der Waals surface area contributed by atoms with E-state index in [-0.39, 0.29) is 37.5 Å². The maximum atomic E-state index is 12.5. The molecule has 170 valence electrons. The first-order valence-electron chi connectivity index (χ1n) is 10.6. The lowest BCUT2D eigenvalue weighted by molar-refractivity contribution is -0.142. The van der Waals surface area contributed by atoms with Crippen molar-refractivity contribution in [2.24, 2.45) is 5.92 Å². The van der Waals surface area contributed by atoms with Crippen LogP contribution in [0.1, 0.15) is 30.9 Å². The number of hydrogen-bond acceptors (Lipinski definition) is 5. The maximum absolute atomic E-state index is 12.5. The predicted octanol–water partition coefficient (Wildman–Crippen LogP) is 2.77. The molecule has 0 heterocycles.